The zero-order valence-corrected chi connectivity index (χ0v) is 18.9. The van der Waals surface area contributed by atoms with Crippen LogP contribution in [-0.4, -0.2) is 38.8 Å². The highest BCUT2D eigenvalue weighted by Gasteiger charge is 2.29. The molecule has 1 aliphatic rings. The van der Waals surface area contributed by atoms with Gasteiger partial charge in [0.15, 0.2) is 11.5 Å². The number of nitrogens with zero attached hydrogens (tertiary/aromatic N) is 3. The minimum atomic E-state index is -3.90. The highest BCUT2D eigenvalue weighted by atomic mass is 32.2. The van der Waals surface area contributed by atoms with Crippen molar-refractivity contribution in [3.63, 3.8) is 0 Å². The molecule has 0 unspecified atom stereocenters. The van der Waals surface area contributed by atoms with Gasteiger partial charge in [0.25, 0.3) is 15.9 Å². The van der Waals surface area contributed by atoms with Gasteiger partial charge >= 0.3 is 0 Å². The fourth-order valence-electron chi connectivity index (χ4n) is 3.31. The van der Waals surface area contributed by atoms with E-state index in [1.807, 2.05) is 31.2 Å². The van der Waals surface area contributed by atoms with Gasteiger partial charge in [-0.15, -0.1) is 11.3 Å². The van der Waals surface area contributed by atoms with Crippen LogP contribution in [0.3, 0.4) is 0 Å². The summed E-state index contributed by atoms with van der Waals surface area (Å²) in [5, 5.41) is 5.72. The highest BCUT2D eigenvalue weighted by Crippen LogP contribution is 2.38. The molecule has 8 nitrogen and oxygen atoms in total. The first kappa shape index (κ1) is 20.5. The molecule has 32 heavy (non-hydrogen) atoms. The number of aromatic nitrogens is 2. The molecule has 0 radical (unpaired) electrons. The molecular weight excluding hydrogens is 450 g/mol. The number of benzene rings is 2. The van der Waals surface area contributed by atoms with Crippen molar-refractivity contribution in [2.45, 2.75) is 11.8 Å². The molecule has 5 rings (SSSR count). The van der Waals surface area contributed by atoms with Gasteiger partial charge in [-0.1, -0.05) is 35.0 Å². The molecule has 0 saturated carbocycles. The summed E-state index contributed by atoms with van der Waals surface area (Å²) in [6.07, 6.45) is 0. The highest BCUT2D eigenvalue weighted by molar-refractivity contribution is 7.93. The maximum Gasteiger partial charge on any atom is 0.269 e. The summed E-state index contributed by atoms with van der Waals surface area (Å²) in [4.78, 5) is 4.92. The fraction of sp³-hybridized carbons (Fsp3) is 0.182. The van der Waals surface area contributed by atoms with Crippen LogP contribution in [0.4, 0.5) is 5.69 Å². The molecule has 0 atom stereocenters. The van der Waals surface area contributed by atoms with Gasteiger partial charge in [0.05, 0.1) is 5.69 Å². The maximum absolute atomic E-state index is 13.4. The summed E-state index contributed by atoms with van der Waals surface area (Å²) < 4.78 is 44.6. The Balaban J connectivity index is 1.48. The third-order valence-electron chi connectivity index (χ3n) is 5.09. The molecule has 0 bridgehead atoms. The van der Waals surface area contributed by atoms with E-state index in [1.165, 1.54) is 22.7 Å². The van der Waals surface area contributed by atoms with Gasteiger partial charge in [-0.25, -0.2) is 8.42 Å². The molecule has 0 fully saturated rings. The second-order valence-corrected chi connectivity index (χ2v) is 10.1. The van der Waals surface area contributed by atoms with Crippen molar-refractivity contribution in [3.8, 4) is 33.7 Å². The van der Waals surface area contributed by atoms with Gasteiger partial charge in [-0.2, -0.15) is 4.98 Å². The second-order valence-electron chi connectivity index (χ2n) is 7.20. The van der Waals surface area contributed by atoms with Gasteiger partial charge in [-0.3, -0.25) is 4.31 Å². The molecular formula is C22H19N3O5S2. The zero-order chi connectivity index (χ0) is 22.3. The first-order valence-electron chi connectivity index (χ1n) is 9.81. The first-order chi connectivity index (χ1) is 15.4. The SMILES string of the molecule is Cc1ccc(-c2noc(-c3sccc3S(=O)(=O)N(C)c3ccc4c(c3)OCCO4)n2)cc1. The van der Waals surface area contributed by atoms with Crippen molar-refractivity contribution in [1.29, 1.82) is 0 Å². The third kappa shape index (κ3) is 3.61. The van der Waals surface area contributed by atoms with E-state index in [9.17, 15) is 8.42 Å². The number of thiophene rings is 1. The van der Waals surface area contributed by atoms with Crippen LogP contribution in [0.5, 0.6) is 11.5 Å². The number of hydrogen-bond acceptors (Lipinski definition) is 8. The summed E-state index contributed by atoms with van der Waals surface area (Å²) in [6.45, 7) is 2.88. The molecule has 3 heterocycles. The summed E-state index contributed by atoms with van der Waals surface area (Å²) in [5.74, 6) is 1.67. The minimum Gasteiger partial charge on any atom is -0.486 e. The molecule has 4 aromatic rings. The number of anilines is 1. The molecule has 164 valence electrons. The third-order valence-corrected chi connectivity index (χ3v) is 7.95. The Morgan fingerprint density at radius 1 is 1.00 bits per heavy atom. The number of fused-ring (bicyclic) bond motifs is 1. The Kier molecular flexibility index (Phi) is 5.10. The summed E-state index contributed by atoms with van der Waals surface area (Å²) in [6, 6.07) is 14.3. The van der Waals surface area contributed by atoms with Gasteiger partial charge in [0, 0.05) is 18.7 Å². The second kappa shape index (κ2) is 7.95. The van der Waals surface area contributed by atoms with Crippen LogP contribution < -0.4 is 13.8 Å². The number of sulfonamides is 1. The minimum absolute atomic E-state index is 0.0963. The van der Waals surface area contributed by atoms with E-state index >= 15 is 0 Å². The van der Waals surface area contributed by atoms with Crippen LogP contribution in [0, 0.1) is 6.92 Å². The van der Waals surface area contributed by atoms with Gasteiger partial charge < -0.3 is 14.0 Å². The first-order valence-corrected chi connectivity index (χ1v) is 12.1. The van der Waals surface area contributed by atoms with E-state index in [1.54, 1.807) is 29.6 Å². The van der Waals surface area contributed by atoms with E-state index in [4.69, 9.17) is 14.0 Å². The Morgan fingerprint density at radius 3 is 2.53 bits per heavy atom. The van der Waals surface area contributed by atoms with E-state index in [0.29, 0.717) is 41.1 Å². The van der Waals surface area contributed by atoms with Crippen molar-refractivity contribution in [2.24, 2.45) is 0 Å². The Labute approximate surface area is 189 Å². The lowest BCUT2D eigenvalue weighted by atomic mass is 10.1. The quantitative estimate of drug-likeness (QED) is 0.428. The maximum atomic E-state index is 13.4. The van der Waals surface area contributed by atoms with E-state index in [0.717, 1.165) is 11.1 Å². The number of hydrogen-bond donors (Lipinski definition) is 0. The topological polar surface area (TPSA) is 94.8 Å². The molecule has 0 N–H and O–H groups in total. The summed E-state index contributed by atoms with van der Waals surface area (Å²) >= 11 is 1.23. The van der Waals surface area contributed by atoms with Crippen LogP contribution >= 0.6 is 11.3 Å². The lowest BCUT2D eigenvalue weighted by Crippen LogP contribution is -2.27. The van der Waals surface area contributed by atoms with E-state index < -0.39 is 10.0 Å². The van der Waals surface area contributed by atoms with E-state index in [-0.39, 0.29) is 10.8 Å². The molecule has 0 aliphatic carbocycles. The van der Waals surface area contributed by atoms with Crippen LogP contribution in [0.25, 0.3) is 22.2 Å². The zero-order valence-electron chi connectivity index (χ0n) is 17.3. The molecule has 1 aliphatic heterocycles. The summed E-state index contributed by atoms with van der Waals surface area (Å²) in [5.41, 5.74) is 2.36. The Bertz CT molecular complexity index is 1380. The molecule has 0 spiro atoms. The van der Waals surface area contributed by atoms with Gasteiger partial charge in [-0.05, 0) is 30.5 Å². The average Bonchev–Trinajstić information content (AvgIpc) is 3.49. The van der Waals surface area contributed by atoms with Crippen LogP contribution in [0.15, 0.2) is 63.3 Å². The van der Waals surface area contributed by atoms with Crippen molar-refractivity contribution in [2.75, 3.05) is 24.6 Å². The molecule has 0 amide bonds. The Morgan fingerprint density at radius 2 is 1.75 bits per heavy atom. The number of ether oxygens (including phenoxy) is 2. The molecule has 2 aromatic carbocycles. The molecule has 2 aromatic heterocycles. The Hall–Kier alpha value is -3.37. The van der Waals surface area contributed by atoms with E-state index in [2.05, 4.69) is 10.1 Å². The number of rotatable bonds is 5. The van der Waals surface area contributed by atoms with Gasteiger partial charge in [0.2, 0.25) is 5.82 Å². The lowest BCUT2D eigenvalue weighted by molar-refractivity contribution is 0.171. The largest absolute Gasteiger partial charge is 0.486 e. The summed E-state index contributed by atoms with van der Waals surface area (Å²) in [7, 11) is -2.40. The van der Waals surface area contributed by atoms with Crippen molar-refractivity contribution < 1.29 is 22.4 Å². The van der Waals surface area contributed by atoms with Crippen molar-refractivity contribution in [1.82, 2.24) is 10.1 Å². The lowest BCUT2D eigenvalue weighted by Gasteiger charge is -2.23. The number of aryl methyl sites for hydroxylation is 1. The molecule has 0 saturated heterocycles. The molecule has 10 heteroatoms. The van der Waals surface area contributed by atoms with Gasteiger partial charge in [0.1, 0.15) is 23.0 Å². The van der Waals surface area contributed by atoms with Crippen molar-refractivity contribution in [3.05, 3.63) is 59.5 Å². The predicted octanol–water partition coefficient (Wildman–Crippen LogP) is 4.37. The monoisotopic (exact) mass is 469 g/mol. The standard InChI is InChI=1S/C22H19N3O5S2/c1-14-3-5-15(6-4-14)21-23-22(30-24-21)20-19(9-12-31-20)32(26,27)25(2)16-7-8-17-18(13-16)29-11-10-28-17/h3-9,12-13H,10-11H2,1-2H3. The van der Waals surface area contributed by atoms with Crippen LogP contribution in [0.1, 0.15) is 5.56 Å². The van der Waals surface area contributed by atoms with Crippen LogP contribution in [-0.2, 0) is 10.0 Å². The van der Waals surface area contributed by atoms with Crippen molar-refractivity contribution >= 4 is 27.0 Å². The van der Waals surface area contributed by atoms with Crippen LogP contribution in [0.2, 0.25) is 0 Å². The average molecular weight is 470 g/mol. The predicted molar refractivity (Wildman–Crippen MR) is 121 cm³/mol. The fourth-order valence-corrected chi connectivity index (χ4v) is 5.81. The normalized spacial score (nSPS) is 13.2. The smallest absolute Gasteiger partial charge is 0.269 e.